The third-order valence-corrected chi connectivity index (χ3v) is 2.49. The van der Waals surface area contributed by atoms with Gasteiger partial charge in [0.15, 0.2) is 0 Å². The number of anilines is 1. The zero-order chi connectivity index (χ0) is 10.8. The molecule has 0 aromatic carbocycles. The van der Waals surface area contributed by atoms with Gasteiger partial charge < -0.3 is 10.0 Å². The molecule has 0 radical (unpaired) electrons. The summed E-state index contributed by atoms with van der Waals surface area (Å²) in [4.78, 5) is 16.7. The Kier molecular flexibility index (Phi) is 2.41. The van der Waals surface area contributed by atoms with Crippen molar-refractivity contribution in [1.82, 2.24) is 4.98 Å². The molecule has 1 unspecified atom stereocenters. The summed E-state index contributed by atoms with van der Waals surface area (Å²) in [5, 5.41) is 8.84. The highest BCUT2D eigenvalue weighted by Gasteiger charge is 2.17. The molecule has 15 heavy (non-hydrogen) atoms. The van der Waals surface area contributed by atoms with Crippen LogP contribution in [0.15, 0.2) is 30.7 Å². The monoisotopic (exact) mass is 204 g/mol. The van der Waals surface area contributed by atoms with Gasteiger partial charge >= 0.3 is 5.97 Å². The number of carbonyl (C=O) groups is 1. The van der Waals surface area contributed by atoms with Gasteiger partial charge in [0.25, 0.3) is 0 Å². The number of nitrogens with zero attached hydrogens (tertiary/aromatic N) is 2. The second-order valence-corrected chi connectivity index (χ2v) is 3.61. The summed E-state index contributed by atoms with van der Waals surface area (Å²) in [6.07, 6.45) is 8.05. The predicted molar refractivity (Wildman–Crippen MR) is 56.9 cm³/mol. The molecule has 0 fully saturated rings. The van der Waals surface area contributed by atoms with Gasteiger partial charge in [-0.1, -0.05) is 6.08 Å². The molecule has 0 saturated carbocycles. The van der Waals surface area contributed by atoms with Crippen LogP contribution < -0.4 is 4.90 Å². The van der Waals surface area contributed by atoms with Gasteiger partial charge in [-0.25, -0.2) is 4.79 Å². The molecule has 0 bridgehead atoms. The van der Waals surface area contributed by atoms with E-state index in [4.69, 9.17) is 5.11 Å². The normalized spacial score (nSPS) is 19.5. The van der Waals surface area contributed by atoms with Crippen LogP contribution in [0.5, 0.6) is 0 Å². The fourth-order valence-corrected chi connectivity index (χ4v) is 1.66. The molecule has 0 amide bonds. The maximum atomic E-state index is 10.8. The molecule has 2 rings (SSSR count). The second kappa shape index (κ2) is 3.73. The van der Waals surface area contributed by atoms with E-state index < -0.39 is 5.97 Å². The third-order valence-electron chi connectivity index (χ3n) is 2.49. The maximum absolute atomic E-state index is 10.8. The quantitative estimate of drug-likeness (QED) is 0.799. The number of carboxylic acid groups (broad SMARTS) is 1. The van der Waals surface area contributed by atoms with Gasteiger partial charge in [0.05, 0.1) is 17.4 Å². The minimum absolute atomic E-state index is 0.222. The molecule has 78 valence electrons. The van der Waals surface area contributed by atoms with E-state index in [1.54, 1.807) is 12.3 Å². The van der Waals surface area contributed by atoms with Crippen LogP contribution in [0.25, 0.3) is 0 Å². The van der Waals surface area contributed by atoms with Crippen molar-refractivity contribution in [2.45, 2.75) is 19.4 Å². The fraction of sp³-hybridized carbons (Fsp3) is 0.273. The number of hydrogen-bond acceptors (Lipinski definition) is 3. The van der Waals surface area contributed by atoms with Gasteiger partial charge in [-0.3, -0.25) is 4.98 Å². The van der Waals surface area contributed by atoms with Crippen molar-refractivity contribution in [3.63, 3.8) is 0 Å². The molecule has 4 heteroatoms. The van der Waals surface area contributed by atoms with Crippen LogP contribution in [-0.2, 0) is 0 Å². The SMILES string of the molecule is CC1CC=CN1c1cncc(C(=O)O)c1. The summed E-state index contributed by atoms with van der Waals surface area (Å²) in [6, 6.07) is 2.01. The minimum atomic E-state index is -0.944. The maximum Gasteiger partial charge on any atom is 0.337 e. The number of pyridine rings is 1. The molecular formula is C11H12N2O2. The number of carboxylic acids is 1. The average molecular weight is 204 g/mol. The Labute approximate surface area is 87.9 Å². The molecule has 0 spiro atoms. The Morgan fingerprint density at radius 2 is 2.40 bits per heavy atom. The van der Waals surface area contributed by atoms with Crippen LogP contribution in [0.4, 0.5) is 5.69 Å². The summed E-state index contributed by atoms with van der Waals surface area (Å²) >= 11 is 0. The van der Waals surface area contributed by atoms with Gasteiger partial charge in [0.1, 0.15) is 0 Å². The van der Waals surface area contributed by atoms with Crippen molar-refractivity contribution >= 4 is 11.7 Å². The van der Waals surface area contributed by atoms with Crippen LogP contribution >= 0.6 is 0 Å². The highest BCUT2D eigenvalue weighted by molar-refractivity contribution is 5.88. The van der Waals surface area contributed by atoms with Gasteiger partial charge in [-0.05, 0) is 19.4 Å². The zero-order valence-electron chi connectivity index (χ0n) is 8.42. The number of hydrogen-bond donors (Lipinski definition) is 1. The molecule has 1 atom stereocenters. The van der Waals surface area contributed by atoms with Gasteiger partial charge in [0.2, 0.25) is 0 Å². The Balaban J connectivity index is 2.32. The lowest BCUT2D eigenvalue weighted by Gasteiger charge is -2.21. The Morgan fingerprint density at radius 1 is 1.60 bits per heavy atom. The molecule has 2 heterocycles. The van der Waals surface area contributed by atoms with Crippen molar-refractivity contribution < 1.29 is 9.90 Å². The van der Waals surface area contributed by atoms with E-state index in [9.17, 15) is 4.79 Å². The van der Waals surface area contributed by atoms with E-state index in [0.29, 0.717) is 6.04 Å². The lowest BCUT2D eigenvalue weighted by atomic mass is 10.2. The molecule has 1 aromatic rings. The summed E-state index contributed by atoms with van der Waals surface area (Å²) in [5.41, 5.74) is 1.05. The molecule has 1 aliphatic heterocycles. The lowest BCUT2D eigenvalue weighted by molar-refractivity contribution is 0.0696. The first-order valence-corrected chi connectivity index (χ1v) is 4.82. The van der Waals surface area contributed by atoms with Crippen molar-refractivity contribution in [2.24, 2.45) is 0 Å². The Bertz CT molecular complexity index is 415. The van der Waals surface area contributed by atoms with E-state index >= 15 is 0 Å². The van der Waals surface area contributed by atoms with E-state index in [0.717, 1.165) is 12.1 Å². The highest BCUT2D eigenvalue weighted by atomic mass is 16.4. The molecule has 1 aromatic heterocycles. The van der Waals surface area contributed by atoms with Crippen molar-refractivity contribution in [3.05, 3.63) is 36.3 Å². The van der Waals surface area contributed by atoms with E-state index in [1.807, 2.05) is 11.1 Å². The zero-order valence-corrected chi connectivity index (χ0v) is 8.42. The first kappa shape index (κ1) is 9.71. The summed E-state index contributed by atoms with van der Waals surface area (Å²) in [6.45, 7) is 2.09. The smallest absolute Gasteiger partial charge is 0.337 e. The minimum Gasteiger partial charge on any atom is -0.478 e. The third kappa shape index (κ3) is 1.83. The van der Waals surface area contributed by atoms with Gasteiger partial charge in [-0.2, -0.15) is 0 Å². The van der Waals surface area contributed by atoms with Crippen LogP contribution in [0, 0.1) is 0 Å². The molecule has 4 nitrogen and oxygen atoms in total. The molecular weight excluding hydrogens is 192 g/mol. The van der Waals surface area contributed by atoms with E-state index in [2.05, 4.69) is 18.0 Å². The first-order valence-electron chi connectivity index (χ1n) is 4.82. The van der Waals surface area contributed by atoms with Gasteiger partial charge in [-0.15, -0.1) is 0 Å². The fourth-order valence-electron chi connectivity index (χ4n) is 1.66. The van der Waals surface area contributed by atoms with Crippen molar-refractivity contribution in [3.8, 4) is 0 Å². The molecule has 1 N–H and O–H groups in total. The van der Waals surface area contributed by atoms with Crippen molar-refractivity contribution in [1.29, 1.82) is 0 Å². The van der Waals surface area contributed by atoms with Crippen LogP contribution in [0.2, 0.25) is 0 Å². The average Bonchev–Trinajstić information content (AvgIpc) is 2.64. The van der Waals surface area contributed by atoms with E-state index in [1.165, 1.54) is 6.20 Å². The van der Waals surface area contributed by atoms with Crippen molar-refractivity contribution in [2.75, 3.05) is 4.90 Å². The largest absolute Gasteiger partial charge is 0.478 e. The van der Waals surface area contributed by atoms with Gasteiger partial charge in [0, 0.05) is 18.4 Å². The summed E-state index contributed by atoms with van der Waals surface area (Å²) in [7, 11) is 0. The summed E-state index contributed by atoms with van der Waals surface area (Å²) < 4.78 is 0. The van der Waals surface area contributed by atoms with Crippen LogP contribution in [0.3, 0.4) is 0 Å². The van der Waals surface area contributed by atoms with Crippen LogP contribution in [-0.4, -0.2) is 22.1 Å². The summed E-state index contributed by atoms with van der Waals surface area (Å²) in [5.74, 6) is -0.944. The first-order chi connectivity index (χ1) is 7.18. The van der Waals surface area contributed by atoms with E-state index in [-0.39, 0.29) is 5.56 Å². The molecule has 0 aliphatic carbocycles. The lowest BCUT2D eigenvalue weighted by Crippen LogP contribution is -2.23. The Morgan fingerprint density at radius 3 is 3.00 bits per heavy atom. The standard InChI is InChI=1S/C11H12N2O2/c1-8-3-2-4-13(8)10-5-9(11(14)15)6-12-7-10/h2,4-8H,3H2,1H3,(H,14,15). The number of aromatic carboxylic acids is 1. The number of aromatic nitrogens is 1. The second-order valence-electron chi connectivity index (χ2n) is 3.61. The molecule has 1 aliphatic rings. The Hall–Kier alpha value is -1.84. The number of rotatable bonds is 2. The topological polar surface area (TPSA) is 53.4 Å². The predicted octanol–water partition coefficient (Wildman–Crippen LogP) is 1.89. The molecule has 0 saturated heterocycles. The van der Waals surface area contributed by atoms with Crippen LogP contribution in [0.1, 0.15) is 23.7 Å². The highest BCUT2D eigenvalue weighted by Crippen LogP contribution is 2.23.